The van der Waals surface area contributed by atoms with Gasteiger partial charge < -0.3 is 16.8 Å². The zero-order valence-electron chi connectivity index (χ0n) is 19.7. The Hall–Kier alpha value is -4.72. The van der Waals surface area contributed by atoms with Crippen molar-refractivity contribution in [3.8, 4) is 11.3 Å². The molecule has 1 unspecified atom stereocenters. The van der Waals surface area contributed by atoms with Crippen LogP contribution in [0.4, 0.5) is 5.82 Å². The summed E-state index contributed by atoms with van der Waals surface area (Å²) in [6.45, 7) is 2.23. The highest BCUT2D eigenvalue weighted by atomic mass is 16.2. The smallest absolute Gasteiger partial charge is 0.254 e. The van der Waals surface area contributed by atoms with Gasteiger partial charge in [0, 0.05) is 29.7 Å². The van der Waals surface area contributed by atoms with Crippen molar-refractivity contribution in [1.82, 2.24) is 15.1 Å². The fraction of sp³-hybridized carbons (Fsp3) is 0.143. The third-order valence-electron chi connectivity index (χ3n) is 6.56. The van der Waals surface area contributed by atoms with Crippen molar-refractivity contribution in [2.75, 3.05) is 5.73 Å². The molecule has 1 aromatic heterocycles. The topological polar surface area (TPSA) is 133 Å². The number of nitrogens with zero attached hydrogens (tertiary/aromatic N) is 2. The molecule has 0 bridgehead atoms. The lowest BCUT2D eigenvalue weighted by Crippen LogP contribution is -2.23. The Labute approximate surface area is 207 Å². The lowest BCUT2D eigenvalue weighted by atomic mass is 10.0. The Morgan fingerprint density at radius 1 is 1.03 bits per heavy atom. The maximum atomic E-state index is 12.5. The van der Waals surface area contributed by atoms with Gasteiger partial charge in [-0.2, -0.15) is 5.10 Å². The number of hydrogen-bond donors (Lipinski definition) is 3. The molecule has 0 radical (unpaired) electrons. The second kappa shape index (κ2) is 9.14. The lowest BCUT2D eigenvalue weighted by Gasteiger charge is -2.13. The largest absolute Gasteiger partial charge is 0.383 e. The summed E-state index contributed by atoms with van der Waals surface area (Å²) in [6.07, 6.45) is 0.211. The first-order valence-electron chi connectivity index (χ1n) is 11.6. The Kier molecular flexibility index (Phi) is 5.85. The van der Waals surface area contributed by atoms with Gasteiger partial charge in [0.05, 0.1) is 6.04 Å². The minimum atomic E-state index is -0.694. The van der Waals surface area contributed by atoms with E-state index in [0.717, 1.165) is 16.7 Å². The molecule has 1 heterocycles. The number of rotatable bonds is 6. The van der Waals surface area contributed by atoms with Crippen LogP contribution >= 0.6 is 0 Å². The van der Waals surface area contributed by atoms with E-state index >= 15 is 0 Å². The molecule has 3 aromatic carbocycles. The van der Waals surface area contributed by atoms with Crippen molar-refractivity contribution >= 4 is 23.4 Å². The Balaban J connectivity index is 1.41. The van der Waals surface area contributed by atoms with E-state index in [0.29, 0.717) is 28.9 Å². The van der Waals surface area contributed by atoms with Crippen molar-refractivity contribution in [3.63, 3.8) is 0 Å². The molecule has 0 saturated heterocycles. The summed E-state index contributed by atoms with van der Waals surface area (Å²) in [7, 11) is 0. The van der Waals surface area contributed by atoms with Gasteiger partial charge in [-0.3, -0.25) is 14.4 Å². The van der Waals surface area contributed by atoms with Crippen LogP contribution in [0.1, 0.15) is 60.2 Å². The quantitative estimate of drug-likeness (QED) is 0.388. The Bertz CT molecular complexity index is 1500. The molecule has 2 amide bonds. The number of amides is 2. The minimum Gasteiger partial charge on any atom is -0.383 e. The van der Waals surface area contributed by atoms with Crippen molar-refractivity contribution in [2.45, 2.75) is 25.9 Å². The maximum Gasteiger partial charge on any atom is 0.254 e. The number of nitrogens with two attached hydrogens (primary N) is 2. The van der Waals surface area contributed by atoms with Gasteiger partial charge >= 0.3 is 0 Å². The van der Waals surface area contributed by atoms with E-state index in [-0.39, 0.29) is 29.5 Å². The average Bonchev–Trinajstić information content (AvgIpc) is 3.40. The van der Waals surface area contributed by atoms with Crippen molar-refractivity contribution in [1.29, 1.82) is 0 Å². The maximum absolute atomic E-state index is 12.5. The predicted octanol–water partition coefficient (Wildman–Crippen LogP) is 3.65. The number of Topliss-reactive ketones (excluding diaryl/α,β-unsaturated/α-hetero) is 1. The lowest BCUT2D eigenvalue weighted by molar-refractivity contribution is 0.0947. The van der Waals surface area contributed by atoms with E-state index in [4.69, 9.17) is 11.5 Å². The molecule has 36 heavy (non-hydrogen) atoms. The SMILES string of the molecule is Cc1ccccc1C(=O)NCc1ccc(-c2nn(C3CC(=O)c4ccccc43)c(N)c2C(N)=O)cc1. The van der Waals surface area contributed by atoms with Crippen LogP contribution < -0.4 is 16.8 Å². The summed E-state index contributed by atoms with van der Waals surface area (Å²) in [6, 6.07) is 21.6. The molecule has 1 aliphatic carbocycles. The number of benzene rings is 3. The molecule has 0 spiro atoms. The van der Waals surface area contributed by atoms with Gasteiger partial charge in [0.15, 0.2) is 5.78 Å². The molecule has 5 N–H and O–H groups in total. The molecule has 4 aromatic rings. The van der Waals surface area contributed by atoms with Gasteiger partial charge in [0.25, 0.3) is 11.8 Å². The highest BCUT2D eigenvalue weighted by Crippen LogP contribution is 2.38. The first-order valence-corrected chi connectivity index (χ1v) is 11.6. The number of anilines is 1. The number of ketones is 1. The number of carbonyl (C=O) groups excluding carboxylic acids is 3. The molecule has 0 aliphatic heterocycles. The van der Waals surface area contributed by atoms with E-state index < -0.39 is 11.9 Å². The molecule has 8 heteroatoms. The number of primary amides is 1. The van der Waals surface area contributed by atoms with E-state index in [1.54, 1.807) is 12.1 Å². The standard InChI is InChI=1S/C28H25N5O3/c1-16-6-2-3-7-19(16)28(36)31-15-17-10-12-18(13-11-17)25-24(27(30)35)26(29)33(32-25)22-14-23(34)21-9-5-4-8-20(21)22/h2-13,22H,14-15,29H2,1H3,(H2,30,35)(H,31,36). The van der Waals surface area contributed by atoms with Crippen LogP contribution in [-0.2, 0) is 6.54 Å². The molecule has 180 valence electrons. The zero-order chi connectivity index (χ0) is 25.4. The van der Waals surface area contributed by atoms with Gasteiger partial charge in [-0.15, -0.1) is 0 Å². The molecule has 1 atom stereocenters. The van der Waals surface area contributed by atoms with Crippen molar-refractivity contribution < 1.29 is 14.4 Å². The highest BCUT2D eigenvalue weighted by molar-refractivity contribution is 6.04. The third kappa shape index (κ3) is 4.02. The molecular formula is C28H25N5O3. The van der Waals surface area contributed by atoms with Crippen LogP contribution in [0.5, 0.6) is 0 Å². The van der Waals surface area contributed by atoms with Gasteiger partial charge in [-0.05, 0) is 29.7 Å². The Morgan fingerprint density at radius 3 is 2.44 bits per heavy atom. The fourth-order valence-corrected chi connectivity index (χ4v) is 4.67. The van der Waals surface area contributed by atoms with Crippen LogP contribution in [0.25, 0.3) is 11.3 Å². The van der Waals surface area contributed by atoms with Crippen molar-refractivity contribution in [3.05, 3.63) is 106 Å². The second-order valence-electron chi connectivity index (χ2n) is 8.84. The van der Waals surface area contributed by atoms with Crippen LogP contribution in [0.15, 0.2) is 72.8 Å². The number of aryl methyl sites for hydroxylation is 1. The number of aromatic nitrogens is 2. The molecule has 8 nitrogen and oxygen atoms in total. The van der Waals surface area contributed by atoms with E-state index in [2.05, 4.69) is 10.4 Å². The van der Waals surface area contributed by atoms with Gasteiger partial charge in [-0.25, -0.2) is 4.68 Å². The number of carbonyl (C=O) groups is 3. The number of nitrogen functional groups attached to an aromatic ring is 1. The van der Waals surface area contributed by atoms with E-state index in [9.17, 15) is 14.4 Å². The molecule has 0 fully saturated rings. The first-order chi connectivity index (χ1) is 17.3. The normalized spacial score (nSPS) is 14.5. The zero-order valence-corrected chi connectivity index (χ0v) is 19.7. The van der Waals surface area contributed by atoms with Crippen LogP contribution in [-0.4, -0.2) is 27.4 Å². The molecule has 0 saturated carbocycles. The average molecular weight is 480 g/mol. The minimum absolute atomic E-state index is 0.00442. The van der Waals surface area contributed by atoms with Crippen LogP contribution in [0.3, 0.4) is 0 Å². The van der Waals surface area contributed by atoms with Gasteiger partial charge in [0.1, 0.15) is 17.1 Å². The van der Waals surface area contributed by atoms with Crippen LogP contribution in [0, 0.1) is 6.92 Å². The summed E-state index contributed by atoms with van der Waals surface area (Å²) in [5.41, 5.74) is 17.0. The third-order valence-corrected chi connectivity index (χ3v) is 6.56. The molecule has 5 rings (SSSR count). The highest BCUT2D eigenvalue weighted by Gasteiger charge is 2.34. The number of hydrogen-bond acceptors (Lipinski definition) is 5. The van der Waals surface area contributed by atoms with E-state index in [1.807, 2.05) is 67.6 Å². The van der Waals surface area contributed by atoms with Crippen LogP contribution in [0.2, 0.25) is 0 Å². The summed E-state index contributed by atoms with van der Waals surface area (Å²) >= 11 is 0. The van der Waals surface area contributed by atoms with Crippen molar-refractivity contribution in [2.24, 2.45) is 5.73 Å². The molecular weight excluding hydrogens is 454 g/mol. The van der Waals surface area contributed by atoms with Gasteiger partial charge in [0.2, 0.25) is 0 Å². The summed E-state index contributed by atoms with van der Waals surface area (Å²) in [4.78, 5) is 37.4. The number of nitrogens with one attached hydrogen (secondary N) is 1. The summed E-state index contributed by atoms with van der Waals surface area (Å²) in [5.74, 6) is -0.710. The first kappa shape index (κ1) is 23.0. The van der Waals surface area contributed by atoms with E-state index in [1.165, 1.54) is 4.68 Å². The van der Waals surface area contributed by atoms with Gasteiger partial charge in [-0.1, -0.05) is 66.7 Å². The fourth-order valence-electron chi connectivity index (χ4n) is 4.67. The Morgan fingerprint density at radius 2 is 1.72 bits per heavy atom. The second-order valence-corrected chi connectivity index (χ2v) is 8.84. The predicted molar refractivity (Wildman–Crippen MR) is 136 cm³/mol. The summed E-state index contributed by atoms with van der Waals surface area (Å²) in [5, 5.41) is 7.56. The number of fused-ring (bicyclic) bond motifs is 1. The summed E-state index contributed by atoms with van der Waals surface area (Å²) < 4.78 is 1.52. The molecule has 1 aliphatic rings. The monoisotopic (exact) mass is 479 g/mol.